The number of para-hydroxylation sites is 1. The highest BCUT2D eigenvalue weighted by atomic mass is 16.5. The maximum Gasteiger partial charge on any atom is 0.123 e. The Hall–Kier alpha value is -1.06. The van der Waals surface area contributed by atoms with Gasteiger partial charge < -0.3 is 10.5 Å². The predicted molar refractivity (Wildman–Crippen MR) is 70.1 cm³/mol. The smallest absolute Gasteiger partial charge is 0.123 e. The number of benzene rings is 1. The van der Waals surface area contributed by atoms with Crippen LogP contribution in [0.25, 0.3) is 0 Å². The molecule has 1 aromatic rings. The van der Waals surface area contributed by atoms with Gasteiger partial charge in [0.05, 0.1) is 0 Å². The SMILES string of the molecule is CC1COc2ccccc2CN1CC(C)(C)N. The van der Waals surface area contributed by atoms with Crippen molar-refractivity contribution in [1.29, 1.82) is 0 Å². The minimum atomic E-state index is -0.173. The van der Waals surface area contributed by atoms with E-state index in [0.717, 1.165) is 25.4 Å². The lowest BCUT2D eigenvalue weighted by molar-refractivity contribution is 0.135. The van der Waals surface area contributed by atoms with Crippen molar-refractivity contribution < 1.29 is 4.74 Å². The molecule has 3 nitrogen and oxygen atoms in total. The summed E-state index contributed by atoms with van der Waals surface area (Å²) in [6, 6.07) is 8.64. The zero-order valence-corrected chi connectivity index (χ0v) is 10.9. The molecule has 2 N–H and O–H groups in total. The van der Waals surface area contributed by atoms with Crippen LogP contribution in [0.4, 0.5) is 0 Å². The second-order valence-electron chi connectivity index (χ2n) is 5.66. The monoisotopic (exact) mass is 234 g/mol. The molecule has 0 saturated heterocycles. The average Bonchev–Trinajstić information content (AvgIpc) is 2.38. The summed E-state index contributed by atoms with van der Waals surface area (Å²) in [6.07, 6.45) is 0. The first-order chi connectivity index (χ1) is 7.96. The van der Waals surface area contributed by atoms with Gasteiger partial charge in [0.1, 0.15) is 12.4 Å². The van der Waals surface area contributed by atoms with Crippen LogP contribution < -0.4 is 10.5 Å². The van der Waals surface area contributed by atoms with Crippen LogP contribution in [0.2, 0.25) is 0 Å². The molecule has 0 aromatic heterocycles. The highest BCUT2D eigenvalue weighted by molar-refractivity contribution is 5.34. The van der Waals surface area contributed by atoms with Gasteiger partial charge in [-0.3, -0.25) is 4.90 Å². The Morgan fingerprint density at radius 2 is 2.12 bits per heavy atom. The van der Waals surface area contributed by atoms with Crippen LogP contribution in [-0.4, -0.2) is 29.6 Å². The summed E-state index contributed by atoms with van der Waals surface area (Å²) in [5.74, 6) is 1.01. The van der Waals surface area contributed by atoms with Crippen LogP contribution in [0.15, 0.2) is 24.3 Å². The van der Waals surface area contributed by atoms with E-state index in [9.17, 15) is 0 Å². The van der Waals surface area contributed by atoms with Crippen molar-refractivity contribution in [3.8, 4) is 5.75 Å². The van der Waals surface area contributed by atoms with Gasteiger partial charge in [0, 0.05) is 30.2 Å². The van der Waals surface area contributed by atoms with Crippen molar-refractivity contribution in [2.45, 2.75) is 38.9 Å². The molecule has 0 fully saturated rings. The molecule has 94 valence electrons. The van der Waals surface area contributed by atoms with Crippen LogP contribution in [0.5, 0.6) is 5.75 Å². The van der Waals surface area contributed by atoms with E-state index in [1.54, 1.807) is 0 Å². The lowest BCUT2D eigenvalue weighted by Crippen LogP contribution is -2.48. The summed E-state index contributed by atoms with van der Waals surface area (Å²) in [6.45, 7) is 8.85. The van der Waals surface area contributed by atoms with Crippen molar-refractivity contribution in [2.24, 2.45) is 5.73 Å². The Labute approximate surface area is 104 Å². The second-order valence-corrected chi connectivity index (χ2v) is 5.66. The van der Waals surface area contributed by atoms with Crippen molar-refractivity contribution >= 4 is 0 Å². The average molecular weight is 234 g/mol. The van der Waals surface area contributed by atoms with Gasteiger partial charge in [0.2, 0.25) is 0 Å². The van der Waals surface area contributed by atoms with Crippen LogP contribution in [0.3, 0.4) is 0 Å². The molecule has 0 spiro atoms. The fourth-order valence-corrected chi connectivity index (χ4v) is 2.20. The fraction of sp³-hybridized carbons (Fsp3) is 0.571. The van der Waals surface area contributed by atoms with Crippen LogP contribution in [0.1, 0.15) is 26.3 Å². The number of hydrogen-bond donors (Lipinski definition) is 1. The number of fused-ring (bicyclic) bond motifs is 1. The van der Waals surface area contributed by atoms with Gasteiger partial charge in [0.25, 0.3) is 0 Å². The van der Waals surface area contributed by atoms with E-state index < -0.39 is 0 Å². The Morgan fingerprint density at radius 3 is 2.82 bits per heavy atom. The zero-order valence-electron chi connectivity index (χ0n) is 10.9. The maximum atomic E-state index is 6.12. The van der Waals surface area contributed by atoms with E-state index in [1.807, 2.05) is 12.1 Å². The Kier molecular flexibility index (Phi) is 3.40. The lowest BCUT2D eigenvalue weighted by atomic mass is 10.0. The van der Waals surface area contributed by atoms with Crippen LogP contribution >= 0.6 is 0 Å². The molecule has 1 atom stereocenters. The molecular formula is C14H22N2O. The lowest BCUT2D eigenvalue weighted by Gasteiger charge is -2.32. The fourth-order valence-electron chi connectivity index (χ4n) is 2.20. The minimum Gasteiger partial charge on any atom is -0.492 e. The standard InChI is InChI=1S/C14H22N2O/c1-11-9-17-13-7-5-4-6-12(13)8-16(11)10-14(2,3)15/h4-7,11H,8-10,15H2,1-3H3. The van der Waals surface area contributed by atoms with Crippen molar-refractivity contribution in [3.63, 3.8) is 0 Å². The summed E-state index contributed by atoms with van der Waals surface area (Å²) in [5, 5.41) is 0. The number of ether oxygens (including phenoxy) is 1. The molecule has 1 aliphatic rings. The van der Waals surface area contributed by atoms with Gasteiger partial charge >= 0.3 is 0 Å². The third-order valence-electron chi connectivity index (χ3n) is 3.06. The molecule has 0 saturated carbocycles. The minimum absolute atomic E-state index is 0.173. The molecule has 17 heavy (non-hydrogen) atoms. The van der Waals surface area contributed by atoms with Gasteiger partial charge in [0.15, 0.2) is 0 Å². The molecule has 0 radical (unpaired) electrons. The molecular weight excluding hydrogens is 212 g/mol. The van der Waals surface area contributed by atoms with Gasteiger partial charge in [-0.1, -0.05) is 18.2 Å². The Bertz CT molecular complexity index is 384. The summed E-state index contributed by atoms with van der Waals surface area (Å²) in [5.41, 5.74) is 7.19. The van der Waals surface area contributed by atoms with Gasteiger partial charge in [-0.25, -0.2) is 0 Å². The van der Waals surface area contributed by atoms with Crippen molar-refractivity contribution in [2.75, 3.05) is 13.2 Å². The number of rotatable bonds is 2. The molecule has 1 aromatic carbocycles. The van der Waals surface area contributed by atoms with E-state index in [0.29, 0.717) is 6.04 Å². The zero-order chi connectivity index (χ0) is 12.5. The van der Waals surface area contributed by atoms with Gasteiger partial charge in [-0.15, -0.1) is 0 Å². The summed E-state index contributed by atoms with van der Waals surface area (Å²) >= 11 is 0. The number of hydrogen-bond acceptors (Lipinski definition) is 3. The second kappa shape index (κ2) is 4.67. The molecule has 0 bridgehead atoms. The van der Waals surface area contributed by atoms with E-state index >= 15 is 0 Å². The van der Waals surface area contributed by atoms with E-state index in [2.05, 4.69) is 37.8 Å². The topological polar surface area (TPSA) is 38.5 Å². The predicted octanol–water partition coefficient (Wildman–Crippen LogP) is 2.01. The maximum absolute atomic E-state index is 6.12. The van der Waals surface area contributed by atoms with Crippen LogP contribution in [0, 0.1) is 0 Å². The molecule has 0 aliphatic carbocycles. The summed E-state index contributed by atoms with van der Waals surface area (Å²) in [4.78, 5) is 2.39. The largest absolute Gasteiger partial charge is 0.492 e. The Balaban J connectivity index is 2.18. The molecule has 1 unspecified atom stereocenters. The first-order valence-corrected chi connectivity index (χ1v) is 6.19. The highest BCUT2D eigenvalue weighted by Crippen LogP contribution is 2.25. The van der Waals surface area contributed by atoms with Crippen molar-refractivity contribution in [3.05, 3.63) is 29.8 Å². The first-order valence-electron chi connectivity index (χ1n) is 6.19. The molecule has 1 aliphatic heterocycles. The molecule has 3 heteroatoms. The molecule has 1 heterocycles. The third kappa shape index (κ3) is 3.20. The quantitative estimate of drug-likeness (QED) is 0.850. The van der Waals surface area contributed by atoms with E-state index in [1.165, 1.54) is 5.56 Å². The first kappa shape index (κ1) is 12.4. The van der Waals surface area contributed by atoms with E-state index in [4.69, 9.17) is 10.5 Å². The van der Waals surface area contributed by atoms with Gasteiger partial charge in [-0.2, -0.15) is 0 Å². The summed E-state index contributed by atoms with van der Waals surface area (Å²) in [7, 11) is 0. The normalized spacial score (nSPS) is 21.5. The number of nitrogens with two attached hydrogens (primary N) is 1. The third-order valence-corrected chi connectivity index (χ3v) is 3.06. The van der Waals surface area contributed by atoms with Gasteiger partial charge in [-0.05, 0) is 26.8 Å². The van der Waals surface area contributed by atoms with E-state index in [-0.39, 0.29) is 5.54 Å². The van der Waals surface area contributed by atoms with Crippen LogP contribution in [-0.2, 0) is 6.54 Å². The highest BCUT2D eigenvalue weighted by Gasteiger charge is 2.25. The Morgan fingerprint density at radius 1 is 1.41 bits per heavy atom. The molecule has 0 amide bonds. The molecule has 2 rings (SSSR count). The van der Waals surface area contributed by atoms with Crippen molar-refractivity contribution in [1.82, 2.24) is 4.90 Å². The number of nitrogens with zero attached hydrogens (tertiary/aromatic N) is 1. The summed E-state index contributed by atoms with van der Waals surface area (Å²) < 4.78 is 5.82.